The van der Waals surface area contributed by atoms with Crippen molar-refractivity contribution in [3.05, 3.63) is 285 Å². The standard InChI is InChI=1S/C72H47N2O3PS/c75-78(56-22-5-2-6-23-56)71-32-15-12-29-64(71)57-24-7-10-27-60(57)68-46-53(37-43-69(68)73(78)54-38-34-49(35-39-54)48-18-3-1-4-19-48)51-21-17-20-50(44-51)52-36-41-61-62-42-40-55(47-67(62)59-26-9-8-25-58(59)66(61)45-52)74-70-31-14-11-28-63(70)65-30-13-16-33-72(65)79(74,76)77/h1-47H. The summed E-state index contributed by atoms with van der Waals surface area (Å²) in [6.07, 6.45) is 0. The predicted molar refractivity (Wildman–Crippen MR) is 329 cm³/mol. The van der Waals surface area contributed by atoms with Gasteiger partial charge in [0.15, 0.2) is 0 Å². The monoisotopic (exact) mass is 1050 g/mol. The molecule has 1 atom stereocenters. The van der Waals surface area contributed by atoms with Crippen LogP contribution in [0.3, 0.4) is 0 Å². The molecule has 13 aromatic rings. The Balaban J connectivity index is 0.868. The van der Waals surface area contributed by atoms with Gasteiger partial charge in [0.25, 0.3) is 10.0 Å². The molecular formula is C72H47N2O3PS. The fourth-order valence-electron chi connectivity index (χ4n) is 12.3. The van der Waals surface area contributed by atoms with Crippen molar-refractivity contribution in [3.8, 4) is 66.8 Å². The number of para-hydroxylation sites is 1. The molecule has 1 unspecified atom stereocenters. The van der Waals surface area contributed by atoms with E-state index in [2.05, 4.69) is 175 Å². The molecule has 0 bridgehead atoms. The van der Waals surface area contributed by atoms with Crippen LogP contribution in [0.2, 0.25) is 0 Å². The highest BCUT2D eigenvalue weighted by atomic mass is 32.2. The van der Waals surface area contributed by atoms with Crippen molar-refractivity contribution in [3.63, 3.8) is 0 Å². The number of sulfonamides is 1. The third-order valence-electron chi connectivity index (χ3n) is 16.0. The van der Waals surface area contributed by atoms with Gasteiger partial charge in [-0.1, -0.05) is 206 Å². The Morgan fingerprint density at radius 2 is 0.772 bits per heavy atom. The lowest BCUT2D eigenvalue weighted by Crippen LogP contribution is -2.31. The van der Waals surface area contributed by atoms with Crippen LogP contribution in [-0.2, 0) is 14.6 Å². The smallest absolute Gasteiger partial charge is 0.269 e. The summed E-state index contributed by atoms with van der Waals surface area (Å²) in [4.78, 5) is 0.297. The number of anilines is 4. The zero-order valence-corrected chi connectivity index (χ0v) is 44.3. The van der Waals surface area contributed by atoms with E-state index < -0.39 is 17.3 Å². The first-order valence-electron chi connectivity index (χ1n) is 26.5. The van der Waals surface area contributed by atoms with Crippen molar-refractivity contribution >= 4 is 83.0 Å². The molecule has 0 saturated heterocycles. The number of fused-ring (bicyclic) bond motifs is 14. The summed E-state index contributed by atoms with van der Waals surface area (Å²) in [6, 6.07) is 97.1. The van der Waals surface area contributed by atoms with E-state index in [0.717, 1.165) is 115 Å². The summed E-state index contributed by atoms with van der Waals surface area (Å²) in [6.45, 7) is 0. The van der Waals surface area contributed by atoms with Crippen LogP contribution >= 0.6 is 7.29 Å². The molecule has 0 fully saturated rings. The fraction of sp³-hybridized carbons (Fsp3) is 0. The molecule has 0 amide bonds. The molecule has 13 aromatic carbocycles. The highest BCUT2D eigenvalue weighted by Gasteiger charge is 2.41. The van der Waals surface area contributed by atoms with Crippen LogP contribution in [-0.4, -0.2) is 8.42 Å². The molecule has 79 heavy (non-hydrogen) atoms. The van der Waals surface area contributed by atoms with Crippen molar-refractivity contribution < 1.29 is 13.0 Å². The summed E-state index contributed by atoms with van der Waals surface area (Å²) in [7, 11) is -7.58. The van der Waals surface area contributed by atoms with E-state index in [1.54, 1.807) is 12.1 Å². The quantitative estimate of drug-likeness (QED) is 0.123. The maximum Gasteiger partial charge on any atom is 0.269 e. The number of benzene rings is 13. The lowest BCUT2D eigenvalue weighted by molar-refractivity contribution is 0.587. The number of hydrogen-bond donors (Lipinski definition) is 0. The van der Waals surface area contributed by atoms with Gasteiger partial charge in [-0.2, -0.15) is 0 Å². The van der Waals surface area contributed by atoms with Crippen LogP contribution in [0.4, 0.5) is 22.7 Å². The van der Waals surface area contributed by atoms with Crippen molar-refractivity contribution in [2.24, 2.45) is 0 Å². The highest BCUT2D eigenvalue weighted by Crippen LogP contribution is 2.60. The molecule has 0 spiro atoms. The fourth-order valence-corrected chi connectivity index (χ4v) is 17.1. The Kier molecular flexibility index (Phi) is 10.8. The van der Waals surface area contributed by atoms with Gasteiger partial charge < -0.3 is 0 Å². The molecule has 374 valence electrons. The second-order valence-electron chi connectivity index (χ2n) is 20.3. The van der Waals surface area contributed by atoms with Crippen molar-refractivity contribution in [1.82, 2.24) is 0 Å². The van der Waals surface area contributed by atoms with Crippen LogP contribution in [0.5, 0.6) is 0 Å². The van der Waals surface area contributed by atoms with Crippen molar-refractivity contribution in [2.75, 3.05) is 8.98 Å². The van der Waals surface area contributed by atoms with E-state index in [9.17, 15) is 8.42 Å². The van der Waals surface area contributed by atoms with Gasteiger partial charge in [-0.25, -0.2) is 12.7 Å². The van der Waals surface area contributed by atoms with Gasteiger partial charge in [0.2, 0.25) is 7.29 Å². The molecule has 7 heteroatoms. The molecule has 2 aliphatic rings. The molecule has 0 saturated carbocycles. The van der Waals surface area contributed by atoms with Gasteiger partial charge in [-0.05, 0) is 161 Å². The van der Waals surface area contributed by atoms with Crippen LogP contribution in [0.15, 0.2) is 290 Å². The minimum absolute atomic E-state index is 0.297. The van der Waals surface area contributed by atoms with Gasteiger partial charge in [-0.15, -0.1) is 0 Å². The Morgan fingerprint density at radius 1 is 0.291 bits per heavy atom. The average molecular weight is 1050 g/mol. The van der Waals surface area contributed by atoms with Crippen LogP contribution in [0.1, 0.15) is 0 Å². The molecule has 0 aliphatic carbocycles. The molecule has 2 heterocycles. The largest absolute Gasteiger partial charge is 0.289 e. The first kappa shape index (κ1) is 46.7. The summed E-state index contributed by atoms with van der Waals surface area (Å²) in [5.74, 6) is 0. The van der Waals surface area contributed by atoms with Gasteiger partial charge >= 0.3 is 0 Å². The van der Waals surface area contributed by atoms with E-state index in [0.29, 0.717) is 21.8 Å². The van der Waals surface area contributed by atoms with Gasteiger partial charge in [0, 0.05) is 33.0 Å². The summed E-state index contributed by atoms with van der Waals surface area (Å²) < 4.78 is 49.7. The first-order chi connectivity index (χ1) is 38.8. The molecule has 5 nitrogen and oxygen atoms in total. The number of rotatable bonds is 6. The van der Waals surface area contributed by atoms with E-state index >= 15 is 4.57 Å². The van der Waals surface area contributed by atoms with Gasteiger partial charge in [0.05, 0.1) is 22.0 Å². The third-order valence-corrected chi connectivity index (χ3v) is 20.8. The zero-order chi connectivity index (χ0) is 52.8. The Morgan fingerprint density at radius 3 is 1.51 bits per heavy atom. The highest BCUT2D eigenvalue weighted by molar-refractivity contribution is 7.93. The minimum Gasteiger partial charge on any atom is -0.289 e. The van der Waals surface area contributed by atoms with Gasteiger partial charge in [0.1, 0.15) is 0 Å². The van der Waals surface area contributed by atoms with Crippen LogP contribution < -0.4 is 19.6 Å². The topological polar surface area (TPSA) is 57.7 Å². The maximum absolute atomic E-state index is 17.0. The third kappa shape index (κ3) is 7.37. The van der Waals surface area contributed by atoms with E-state index in [-0.39, 0.29) is 0 Å². The first-order valence-corrected chi connectivity index (χ1v) is 29.6. The maximum atomic E-state index is 17.0. The van der Waals surface area contributed by atoms with E-state index in [1.807, 2.05) is 103 Å². The van der Waals surface area contributed by atoms with E-state index in [1.165, 1.54) is 4.31 Å². The Labute approximate surface area is 459 Å². The SMILES string of the molecule is O=P1(c2ccccc2)c2ccccc2-c2ccccc2-c2cc(-c3cccc(-c4ccc5c6ccc(N7c8ccccc8-c8ccccc8S7(=O)=O)cc6c6ccccc6c5c4)c3)ccc2N1c1ccc(-c2ccccc2)cc1. The lowest BCUT2D eigenvalue weighted by atomic mass is 9.90. The second kappa shape index (κ2) is 18.3. The molecule has 0 N–H and O–H groups in total. The normalized spacial score (nSPS) is 15.1. The molecule has 0 aromatic heterocycles. The number of nitrogens with zero attached hydrogens (tertiary/aromatic N) is 2. The van der Waals surface area contributed by atoms with Crippen LogP contribution in [0, 0.1) is 0 Å². The Bertz CT molecular complexity index is 4770. The summed E-state index contributed by atoms with van der Waals surface area (Å²) in [5.41, 5.74) is 15.0. The van der Waals surface area contributed by atoms with Crippen molar-refractivity contribution in [2.45, 2.75) is 4.90 Å². The molecule has 0 radical (unpaired) electrons. The average Bonchev–Trinajstić information content (AvgIpc) is 3.48. The zero-order valence-electron chi connectivity index (χ0n) is 42.6. The molecular weight excluding hydrogens is 1000 g/mol. The molecule has 15 rings (SSSR count). The van der Waals surface area contributed by atoms with Gasteiger partial charge in [-0.3, -0.25) is 9.24 Å². The Hall–Kier alpha value is -9.58. The predicted octanol–water partition coefficient (Wildman–Crippen LogP) is 18.4. The van der Waals surface area contributed by atoms with E-state index in [4.69, 9.17) is 0 Å². The molecule has 2 aliphatic heterocycles. The number of hydrogen-bond acceptors (Lipinski definition) is 3. The summed E-state index contributed by atoms with van der Waals surface area (Å²) in [5, 5.41) is 7.89. The summed E-state index contributed by atoms with van der Waals surface area (Å²) >= 11 is 0. The lowest BCUT2D eigenvalue weighted by Gasteiger charge is -2.38. The second-order valence-corrected chi connectivity index (χ2v) is 24.6. The van der Waals surface area contributed by atoms with Crippen LogP contribution in [0.25, 0.3) is 99.1 Å². The minimum atomic E-state index is -3.92. The van der Waals surface area contributed by atoms with Crippen molar-refractivity contribution in [1.29, 1.82) is 0 Å².